The minimum atomic E-state index is -3.23. The van der Waals surface area contributed by atoms with Crippen LogP contribution in [0.3, 0.4) is 0 Å². The van der Waals surface area contributed by atoms with Crippen molar-refractivity contribution >= 4 is 15.9 Å². The van der Waals surface area contributed by atoms with Crippen molar-refractivity contribution in [1.29, 1.82) is 0 Å². The number of carbonyl (C=O) groups excluding carboxylic acids is 1. The number of hydrogen-bond acceptors (Lipinski definition) is 6. The number of piperidine rings is 1. The number of likely N-dealkylation sites (tertiary alicyclic amines) is 1. The summed E-state index contributed by atoms with van der Waals surface area (Å²) in [5, 5.41) is 0. The zero-order chi connectivity index (χ0) is 22.0. The van der Waals surface area contributed by atoms with Gasteiger partial charge in [0.25, 0.3) is 5.56 Å². The molecule has 9 nitrogen and oxygen atoms in total. The molecule has 2 aliphatic heterocycles. The molecule has 2 aromatic rings. The van der Waals surface area contributed by atoms with Crippen LogP contribution in [0.1, 0.15) is 44.5 Å². The van der Waals surface area contributed by atoms with Crippen LogP contribution in [0, 0.1) is 5.92 Å². The Balaban J connectivity index is 1.52. The van der Waals surface area contributed by atoms with Gasteiger partial charge in [0.05, 0.1) is 23.2 Å². The number of hydrogen-bond donors (Lipinski definition) is 1. The predicted molar refractivity (Wildman–Crippen MR) is 116 cm³/mol. The number of carbonyl (C=O) groups is 1. The molecule has 10 heteroatoms. The first-order chi connectivity index (χ1) is 14.9. The maximum absolute atomic E-state index is 13.3. The quantitative estimate of drug-likeness (QED) is 0.747. The van der Waals surface area contributed by atoms with Gasteiger partial charge in [-0.15, -0.1) is 0 Å². The summed E-state index contributed by atoms with van der Waals surface area (Å²) in [6.07, 6.45) is 4.23. The summed E-state index contributed by atoms with van der Waals surface area (Å²) < 4.78 is 25.7. The Morgan fingerprint density at radius 1 is 1.16 bits per heavy atom. The molecule has 2 aliphatic rings. The van der Waals surface area contributed by atoms with Gasteiger partial charge >= 0.3 is 0 Å². The number of aromatic nitrogens is 3. The molecule has 2 aromatic heterocycles. The number of pyridine rings is 1. The minimum absolute atomic E-state index is 0.0157. The third-order valence-electron chi connectivity index (χ3n) is 6.10. The zero-order valence-electron chi connectivity index (χ0n) is 17.5. The van der Waals surface area contributed by atoms with E-state index in [0.29, 0.717) is 49.7 Å². The predicted octanol–water partition coefficient (Wildman–Crippen LogP) is 1.56. The second-order valence-corrected chi connectivity index (χ2v) is 10.3. The number of aromatic amines is 1. The van der Waals surface area contributed by atoms with Crippen LogP contribution in [0.15, 0.2) is 35.3 Å². The third kappa shape index (κ3) is 4.54. The van der Waals surface area contributed by atoms with E-state index in [-0.39, 0.29) is 29.2 Å². The molecule has 0 aromatic carbocycles. The molecule has 1 atom stereocenters. The summed E-state index contributed by atoms with van der Waals surface area (Å²) in [5.41, 5.74) is 0.815. The Morgan fingerprint density at radius 3 is 2.61 bits per heavy atom. The molecule has 166 valence electrons. The standard InChI is InChI=1S/C21H27N5O4S/c1-2-31(29,30)25-12-8-15(9-13-25)21(28)26-11-5-7-18(26)20-23-17(14-19(27)24-20)16-6-3-4-10-22-16/h3-4,6,10,14-15,18H,2,5,7-9,11-13H2,1H3,(H,23,24,27)/t18-/m1/s1. The van der Waals surface area contributed by atoms with Gasteiger partial charge in [0, 0.05) is 37.8 Å². The summed E-state index contributed by atoms with van der Waals surface area (Å²) in [6, 6.07) is 6.55. The van der Waals surface area contributed by atoms with E-state index in [1.165, 1.54) is 10.4 Å². The molecule has 0 radical (unpaired) electrons. The molecule has 4 heterocycles. The molecule has 0 aliphatic carbocycles. The van der Waals surface area contributed by atoms with Crippen molar-refractivity contribution < 1.29 is 13.2 Å². The number of H-pyrrole nitrogens is 1. The lowest BCUT2D eigenvalue weighted by atomic mass is 9.96. The van der Waals surface area contributed by atoms with Crippen molar-refractivity contribution in [1.82, 2.24) is 24.2 Å². The normalized spacial score (nSPS) is 20.8. The lowest BCUT2D eigenvalue weighted by Crippen LogP contribution is -2.44. The number of nitrogens with zero attached hydrogens (tertiary/aromatic N) is 4. The largest absolute Gasteiger partial charge is 0.332 e. The van der Waals surface area contributed by atoms with E-state index in [1.54, 1.807) is 30.2 Å². The van der Waals surface area contributed by atoms with Crippen molar-refractivity contribution in [3.8, 4) is 11.4 Å². The lowest BCUT2D eigenvalue weighted by Gasteiger charge is -2.34. The molecule has 2 fully saturated rings. The average Bonchev–Trinajstić information content (AvgIpc) is 3.29. The fourth-order valence-corrected chi connectivity index (χ4v) is 5.52. The van der Waals surface area contributed by atoms with Gasteiger partial charge in [0.2, 0.25) is 15.9 Å². The molecule has 4 rings (SSSR count). The molecule has 31 heavy (non-hydrogen) atoms. The Labute approximate surface area is 181 Å². The molecule has 0 spiro atoms. The molecule has 1 N–H and O–H groups in total. The van der Waals surface area contributed by atoms with Gasteiger partial charge in [-0.2, -0.15) is 0 Å². The molecule has 0 saturated carbocycles. The fourth-order valence-electron chi connectivity index (χ4n) is 4.39. The van der Waals surface area contributed by atoms with E-state index in [0.717, 1.165) is 12.8 Å². The highest BCUT2D eigenvalue weighted by Crippen LogP contribution is 2.33. The number of amides is 1. The van der Waals surface area contributed by atoms with Crippen LogP contribution in [0.2, 0.25) is 0 Å². The summed E-state index contributed by atoms with van der Waals surface area (Å²) in [6.45, 7) is 2.98. The molecule has 2 saturated heterocycles. The SMILES string of the molecule is CCS(=O)(=O)N1CCC(C(=O)N2CCC[C@@H]2c2nc(-c3ccccn3)cc(=O)[nH]2)CC1. The monoisotopic (exact) mass is 445 g/mol. The molecular weight excluding hydrogens is 418 g/mol. The van der Waals surface area contributed by atoms with Gasteiger partial charge in [0.15, 0.2) is 0 Å². The van der Waals surface area contributed by atoms with E-state index < -0.39 is 10.0 Å². The molecule has 1 amide bonds. The maximum atomic E-state index is 13.3. The highest BCUT2D eigenvalue weighted by molar-refractivity contribution is 7.89. The van der Waals surface area contributed by atoms with Crippen LogP contribution in [-0.4, -0.2) is 63.9 Å². The van der Waals surface area contributed by atoms with Gasteiger partial charge in [-0.3, -0.25) is 14.6 Å². The fraction of sp³-hybridized carbons (Fsp3) is 0.524. The van der Waals surface area contributed by atoms with E-state index in [2.05, 4.69) is 15.0 Å². The van der Waals surface area contributed by atoms with Crippen LogP contribution < -0.4 is 5.56 Å². The molecular formula is C21H27N5O4S. The van der Waals surface area contributed by atoms with Gasteiger partial charge in [-0.25, -0.2) is 17.7 Å². The van der Waals surface area contributed by atoms with Crippen LogP contribution >= 0.6 is 0 Å². The van der Waals surface area contributed by atoms with Gasteiger partial charge in [-0.1, -0.05) is 6.07 Å². The number of nitrogens with one attached hydrogen (secondary N) is 1. The zero-order valence-corrected chi connectivity index (χ0v) is 18.3. The Kier molecular flexibility index (Phi) is 6.19. The first-order valence-electron chi connectivity index (χ1n) is 10.7. The first kappa shape index (κ1) is 21.6. The van der Waals surface area contributed by atoms with E-state index in [4.69, 9.17) is 0 Å². The summed E-state index contributed by atoms with van der Waals surface area (Å²) in [4.78, 5) is 39.1. The number of sulfonamides is 1. The topological polar surface area (TPSA) is 116 Å². The smallest absolute Gasteiger partial charge is 0.251 e. The minimum Gasteiger partial charge on any atom is -0.332 e. The Morgan fingerprint density at radius 2 is 1.94 bits per heavy atom. The highest BCUT2D eigenvalue weighted by atomic mass is 32.2. The van der Waals surface area contributed by atoms with Crippen LogP contribution in [-0.2, 0) is 14.8 Å². The van der Waals surface area contributed by atoms with E-state index in [1.807, 2.05) is 6.07 Å². The molecule has 0 unspecified atom stereocenters. The second-order valence-electron chi connectivity index (χ2n) is 7.99. The summed E-state index contributed by atoms with van der Waals surface area (Å²) in [7, 11) is -3.23. The van der Waals surface area contributed by atoms with Gasteiger partial charge < -0.3 is 9.88 Å². The van der Waals surface area contributed by atoms with E-state index in [9.17, 15) is 18.0 Å². The second kappa shape index (κ2) is 8.88. The van der Waals surface area contributed by atoms with Crippen molar-refractivity contribution in [2.75, 3.05) is 25.4 Å². The maximum Gasteiger partial charge on any atom is 0.251 e. The Bertz CT molecular complexity index is 1090. The van der Waals surface area contributed by atoms with Crippen LogP contribution in [0.25, 0.3) is 11.4 Å². The third-order valence-corrected chi connectivity index (χ3v) is 7.98. The highest BCUT2D eigenvalue weighted by Gasteiger charge is 2.38. The first-order valence-corrected chi connectivity index (χ1v) is 12.3. The van der Waals surface area contributed by atoms with Gasteiger partial charge in [0.1, 0.15) is 5.82 Å². The Hall–Kier alpha value is -2.59. The van der Waals surface area contributed by atoms with Crippen molar-refractivity contribution in [3.05, 3.63) is 46.6 Å². The van der Waals surface area contributed by atoms with Crippen LogP contribution in [0.4, 0.5) is 0 Å². The lowest BCUT2D eigenvalue weighted by molar-refractivity contribution is -0.137. The summed E-state index contributed by atoms with van der Waals surface area (Å²) in [5.74, 6) is 0.354. The average molecular weight is 446 g/mol. The summed E-state index contributed by atoms with van der Waals surface area (Å²) >= 11 is 0. The van der Waals surface area contributed by atoms with Crippen LogP contribution in [0.5, 0.6) is 0 Å². The number of rotatable bonds is 5. The van der Waals surface area contributed by atoms with Gasteiger partial charge in [-0.05, 0) is 44.7 Å². The van der Waals surface area contributed by atoms with E-state index >= 15 is 0 Å². The van der Waals surface area contributed by atoms with Crippen molar-refractivity contribution in [3.63, 3.8) is 0 Å². The molecule has 0 bridgehead atoms. The van der Waals surface area contributed by atoms with Crippen molar-refractivity contribution in [2.45, 2.75) is 38.6 Å². The van der Waals surface area contributed by atoms with Crippen molar-refractivity contribution in [2.24, 2.45) is 5.92 Å².